The molecule has 0 saturated carbocycles. The Kier molecular flexibility index (Phi) is 4.66. The number of rotatable bonds is 3. The van der Waals surface area contributed by atoms with Crippen molar-refractivity contribution in [2.24, 2.45) is 5.92 Å². The highest BCUT2D eigenvalue weighted by atomic mass is 35.5. The van der Waals surface area contributed by atoms with Crippen LogP contribution < -0.4 is 15.4 Å². The van der Waals surface area contributed by atoms with Crippen LogP contribution in [0.3, 0.4) is 0 Å². The zero-order valence-electron chi connectivity index (χ0n) is 20.1. The van der Waals surface area contributed by atoms with Crippen LogP contribution in [-0.4, -0.2) is 42.2 Å². The van der Waals surface area contributed by atoms with E-state index < -0.39 is 16.9 Å². The number of nitrogens with zero attached hydrogens (tertiary/aromatic N) is 1. The maximum absolute atomic E-state index is 14.5. The molecule has 2 saturated heterocycles. The van der Waals surface area contributed by atoms with Gasteiger partial charge in [0.25, 0.3) is 5.91 Å². The number of hydrogen-bond acceptors (Lipinski definition) is 5. The van der Waals surface area contributed by atoms with Crippen LogP contribution in [0.1, 0.15) is 34.3 Å². The highest BCUT2D eigenvalue weighted by Gasteiger charge is 2.81. The molecule has 4 aliphatic rings. The average Bonchev–Trinajstić information content (AvgIpc) is 3.62. The van der Waals surface area contributed by atoms with Crippen molar-refractivity contribution in [3.8, 4) is 5.75 Å². The second-order valence-electron chi connectivity index (χ2n) is 10.1. The summed E-state index contributed by atoms with van der Waals surface area (Å²) < 4.78 is 5.29. The van der Waals surface area contributed by atoms with Crippen LogP contribution >= 0.6 is 11.6 Å². The van der Waals surface area contributed by atoms with Gasteiger partial charge in [-0.15, -0.1) is 0 Å². The lowest BCUT2D eigenvalue weighted by molar-refractivity contribution is -0.137. The van der Waals surface area contributed by atoms with Crippen LogP contribution in [0.15, 0.2) is 66.7 Å². The third-order valence-corrected chi connectivity index (χ3v) is 8.95. The molecule has 0 aromatic heterocycles. The minimum absolute atomic E-state index is 0.161. The van der Waals surface area contributed by atoms with Gasteiger partial charge in [0, 0.05) is 33.6 Å². The van der Waals surface area contributed by atoms with Gasteiger partial charge in [0.15, 0.2) is 5.78 Å². The number of amides is 2. The SMILES string of the molecule is COc1ccc(C(=O)[C@H]2[C@H]3CCCN3[C@]3(C(=O)Nc4ccc(Cl)cc43)[C@]23C(=O)Nc2ccccc23)cc1. The van der Waals surface area contributed by atoms with Gasteiger partial charge < -0.3 is 15.4 Å². The Bertz CT molecular complexity index is 1510. The first-order chi connectivity index (χ1) is 17.9. The third-order valence-electron chi connectivity index (χ3n) is 8.72. The minimum atomic E-state index is -1.48. The molecule has 37 heavy (non-hydrogen) atoms. The molecule has 4 atom stereocenters. The number of carbonyl (C=O) groups is 3. The molecular weight excluding hydrogens is 490 g/mol. The highest BCUT2D eigenvalue weighted by Crippen LogP contribution is 2.68. The van der Waals surface area contributed by atoms with Crippen LogP contribution in [0.25, 0.3) is 0 Å². The Balaban J connectivity index is 1.56. The van der Waals surface area contributed by atoms with Crippen LogP contribution in [0.5, 0.6) is 5.75 Å². The van der Waals surface area contributed by atoms with E-state index in [9.17, 15) is 14.4 Å². The fraction of sp³-hybridized carbons (Fsp3) is 0.276. The number of carbonyl (C=O) groups excluding carboxylic acids is 3. The monoisotopic (exact) mass is 513 g/mol. The molecule has 2 spiro atoms. The number of fused-ring (bicyclic) bond motifs is 7. The number of ether oxygens (including phenoxy) is 1. The van der Waals surface area contributed by atoms with Crippen molar-refractivity contribution in [3.05, 3.63) is 88.4 Å². The molecule has 0 unspecified atom stereocenters. The second kappa shape index (κ2) is 7.66. The smallest absolute Gasteiger partial charge is 0.251 e. The second-order valence-corrected chi connectivity index (χ2v) is 10.6. The predicted molar refractivity (Wildman–Crippen MR) is 139 cm³/mol. The van der Waals surface area contributed by atoms with Crippen LogP contribution in [-0.2, 0) is 20.5 Å². The van der Waals surface area contributed by atoms with Crippen molar-refractivity contribution in [2.45, 2.75) is 29.8 Å². The van der Waals surface area contributed by atoms with E-state index >= 15 is 0 Å². The maximum atomic E-state index is 14.5. The van der Waals surface area contributed by atoms with E-state index in [4.69, 9.17) is 16.3 Å². The molecule has 2 amide bonds. The predicted octanol–water partition coefficient (Wildman–Crippen LogP) is 4.36. The molecule has 7 rings (SSSR count). The number of nitrogens with one attached hydrogen (secondary N) is 2. The van der Waals surface area contributed by atoms with Gasteiger partial charge in [-0.1, -0.05) is 29.8 Å². The van der Waals surface area contributed by atoms with Gasteiger partial charge in [-0.25, -0.2) is 0 Å². The summed E-state index contributed by atoms with van der Waals surface area (Å²) in [4.78, 5) is 45.4. The molecule has 0 aliphatic carbocycles. The molecule has 3 aromatic carbocycles. The summed E-state index contributed by atoms with van der Waals surface area (Å²) in [5.74, 6) is -0.944. The van der Waals surface area contributed by atoms with E-state index in [-0.39, 0.29) is 23.6 Å². The fourth-order valence-electron chi connectivity index (χ4n) is 7.49. The highest BCUT2D eigenvalue weighted by molar-refractivity contribution is 6.31. The van der Waals surface area contributed by atoms with E-state index in [2.05, 4.69) is 15.5 Å². The molecule has 3 aromatic rings. The first kappa shape index (κ1) is 22.5. The lowest BCUT2D eigenvalue weighted by atomic mass is 9.57. The molecule has 2 fully saturated rings. The molecule has 7 nitrogen and oxygen atoms in total. The number of Topliss-reactive ketones (excluding diaryl/α,β-unsaturated/α-hetero) is 1. The summed E-state index contributed by atoms with van der Waals surface area (Å²) in [6, 6.07) is 19.4. The summed E-state index contributed by atoms with van der Waals surface area (Å²) in [5.41, 5.74) is 0.149. The van der Waals surface area contributed by atoms with Gasteiger partial charge in [0.1, 0.15) is 16.7 Å². The van der Waals surface area contributed by atoms with Crippen molar-refractivity contribution in [1.82, 2.24) is 4.90 Å². The summed E-state index contributed by atoms with van der Waals surface area (Å²) in [6.07, 6.45) is 1.52. The van der Waals surface area contributed by atoms with E-state index in [0.717, 1.165) is 6.42 Å². The van der Waals surface area contributed by atoms with E-state index in [0.29, 0.717) is 51.8 Å². The van der Waals surface area contributed by atoms with E-state index in [1.807, 2.05) is 24.3 Å². The Morgan fingerprint density at radius 1 is 0.973 bits per heavy atom. The van der Waals surface area contributed by atoms with E-state index in [1.165, 1.54) is 0 Å². The topological polar surface area (TPSA) is 87.7 Å². The zero-order valence-corrected chi connectivity index (χ0v) is 20.8. The van der Waals surface area contributed by atoms with Gasteiger partial charge >= 0.3 is 0 Å². The van der Waals surface area contributed by atoms with Gasteiger partial charge in [-0.2, -0.15) is 0 Å². The summed E-state index contributed by atoms with van der Waals surface area (Å²) >= 11 is 6.49. The van der Waals surface area contributed by atoms with Crippen molar-refractivity contribution in [1.29, 1.82) is 0 Å². The molecule has 0 radical (unpaired) electrons. The lowest BCUT2D eigenvalue weighted by Crippen LogP contribution is -2.62. The first-order valence-corrected chi connectivity index (χ1v) is 12.8. The number of anilines is 2. The Morgan fingerprint density at radius 3 is 2.49 bits per heavy atom. The van der Waals surface area contributed by atoms with Gasteiger partial charge in [-0.3, -0.25) is 19.3 Å². The van der Waals surface area contributed by atoms with Gasteiger partial charge in [0.2, 0.25) is 5.91 Å². The summed E-state index contributed by atoms with van der Waals surface area (Å²) in [5, 5.41) is 6.55. The van der Waals surface area contributed by atoms with Crippen molar-refractivity contribution >= 4 is 40.6 Å². The molecule has 8 heteroatoms. The third kappa shape index (κ3) is 2.58. The van der Waals surface area contributed by atoms with Gasteiger partial charge in [0.05, 0.1) is 13.0 Å². The number of methoxy groups -OCH3 is 1. The molecule has 2 N–H and O–H groups in total. The van der Waals surface area contributed by atoms with E-state index in [1.54, 1.807) is 49.6 Å². The van der Waals surface area contributed by atoms with Crippen molar-refractivity contribution in [2.75, 3.05) is 24.3 Å². The molecule has 4 heterocycles. The van der Waals surface area contributed by atoms with Crippen molar-refractivity contribution in [3.63, 3.8) is 0 Å². The van der Waals surface area contributed by atoms with Crippen LogP contribution in [0, 0.1) is 5.92 Å². The average molecular weight is 514 g/mol. The Labute approximate surface area is 218 Å². The molecule has 0 bridgehead atoms. The summed E-state index contributed by atoms with van der Waals surface area (Å²) in [6.45, 7) is 0.591. The summed E-state index contributed by atoms with van der Waals surface area (Å²) in [7, 11) is 1.57. The lowest BCUT2D eigenvalue weighted by Gasteiger charge is -2.43. The standard InChI is InChI=1S/C29H24ClN3O4/c1-37-18-11-8-16(9-12-18)25(34)24-23-7-4-14-33(23)29(20-15-17(30)10-13-22(20)32-27(29)36)28(24)19-5-2-3-6-21(19)31-26(28)35/h2-3,5-6,8-13,15,23-24H,4,7,14H2,1H3,(H,31,35)(H,32,36)/t23-,24-,28+,29-/m1/s1. The molecule has 4 aliphatic heterocycles. The molecule has 186 valence electrons. The van der Waals surface area contributed by atoms with Crippen LogP contribution in [0.4, 0.5) is 11.4 Å². The first-order valence-electron chi connectivity index (χ1n) is 12.4. The van der Waals surface area contributed by atoms with Crippen LogP contribution in [0.2, 0.25) is 5.02 Å². The number of halogens is 1. The maximum Gasteiger partial charge on any atom is 0.251 e. The van der Waals surface area contributed by atoms with Crippen molar-refractivity contribution < 1.29 is 19.1 Å². The quantitative estimate of drug-likeness (QED) is 0.508. The minimum Gasteiger partial charge on any atom is -0.497 e. The number of para-hydroxylation sites is 1. The van der Waals surface area contributed by atoms with Gasteiger partial charge in [-0.05, 0) is 73.5 Å². The zero-order chi connectivity index (χ0) is 25.5. The Morgan fingerprint density at radius 2 is 1.70 bits per heavy atom. The number of ketones is 1. The number of hydrogen-bond donors (Lipinski definition) is 2. The molecular formula is C29H24ClN3O4. The fourth-order valence-corrected chi connectivity index (χ4v) is 7.66. The normalized spacial score (nSPS) is 29.2. The Hall–Kier alpha value is -3.68. The number of benzene rings is 3. The largest absolute Gasteiger partial charge is 0.497 e.